The Morgan fingerprint density at radius 3 is 3.00 bits per heavy atom. The standard InChI is InChI=1S/C4H5N2O/c1-2-4-6-5-3-7-4/h2-3H,1H3. The molecular formula is C4H5N2O. The zero-order valence-corrected chi connectivity index (χ0v) is 3.96. The Hall–Kier alpha value is -0.860. The molecule has 3 nitrogen and oxygen atoms in total. The van der Waals surface area contributed by atoms with Gasteiger partial charge in [-0.1, -0.05) is 6.92 Å². The van der Waals surface area contributed by atoms with E-state index in [0.29, 0.717) is 5.89 Å². The van der Waals surface area contributed by atoms with Gasteiger partial charge in [-0.2, -0.15) is 0 Å². The second kappa shape index (κ2) is 1.73. The third kappa shape index (κ3) is 0.765. The minimum Gasteiger partial charge on any atom is -0.428 e. The molecule has 0 aromatic carbocycles. The summed E-state index contributed by atoms with van der Waals surface area (Å²) in [6.45, 7) is 1.84. The molecule has 0 saturated carbocycles. The van der Waals surface area contributed by atoms with Crippen molar-refractivity contribution >= 4 is 0 Å². The van der Waals surface area contributed by atoms with Crippen LogP contribution in [0.25, 0.3) is 0 Å². The maximum atomic E-state index is 4.70. The van der Waals surface area contributed by atoms with Gasteiger partial charge in [-0.05, 0) is 0 Å². The summed E-state index contributed by atoms with van der Waals surface area (Å²) in [4.78, 5) is 0. The minimum atomic E-state index is 0.569. The van der Waals surface area contributed by atoms with E-state index in [2.05, 4.69) is 10.2 Å². The van der Waals surface area contributed by atoms with Crippen LogP contribution in [0, 0.1) is 6.42 Å². The van der Waals surface area contributed by atoms with Crippen LogP contribution in [0.1, 0.15) is 12.8 Å². The largest absolute Gasteiger partial charge is 0.428 e. The van der Waals surface area contributed by atoms with Gasteiger partial charge in [0, 0.05) is 6.42 Å². The number of rotatable bonds is 1. The lowest BCUT2D eigenvalue weighted by Gasteiger charge is -1.74. The molecule has 1 rings (SSSR count). The SMILES string of the molecule is C[CH]c1nnco1. The third-order valence-electron chi connectivity index (χ3n) is 0.624. The van der Waals surface area contributed by atoms with Gasteiger partial charge in [0.1, 0.15) is 0 Å². The Morgan fingerprint density at radius 1 is 1.86 bits per heavy atom. The molecule has 7 heavy (non-hydrogen) atoms. The van der Waals surface area contributed by atoms with Gasteiger partial charge >= 0.3 is 0 Å². The average molecular weight is 97.1 g/mol. The average Bonchev–Trinajstić information content (AvgIpc) is 2.14. The summed E-state index contributed by atoms with van der Waals surface area (Å²) in [7, 11) is 0. The summed E-state index contributed by atoms with van der Waals surface area (Å²) in [6, 6.07) is 0. The van der Waals surface area contributed by atoms with E-state index in [1.54, 1.807) is 6.42 Å². The van der Waals surface area contributed by atoms with E-state index in [4.69, 9.17) is 4.42 Å². The highest BCUT2D eigenvalue weighted by Crippen LogP contribution is 1.91. The van der Waals surface area contributed by atoms with Crippen molar-refractivity contribution < 1.29 is 4.42 Å². The van der Waals surface area contributed by atoms with E-state index in [0.717, 1.165) is 0 Å². The van der Waals surface area contributed by atoms with Crippen LogP contribution < -0.4 is 0 Å². The third-order valence-corrected chi connectivity index (χ3v) is 0.624. The summed E-state index contributed by atoms with van der Waals surface area (Å²) < 4.78 is 4.70. The molecule has 0 saturated heterocycles. The van der Waals surface area contributed by atoms with Crippen molar-refractivity contribution in [1.82, 2.24) is 10.2 Å². The Morgan fingerprint density at radius 2 is 2.71 bits per heavy atom. The molecule has 3 heteroatoms. The van der Waals surface area contributed by atoms with Gasteiger partial charge in [-0.25, -0.2) is 0 Å². The number of hydrogen-bond donors (Lipinski definition) is 0. The maximum Gasteiger partial charge on any atom is 0.219 e. The van der Waals surface area contributed by atoms with Crippen LogP contribution in [-0.4, -0.2) is 10.2 Å². The molecule has 1 aromatic heterocycles. The van der Waals surface area contributed by atoms with Gasteiger partial charge < -0.3 is 4.42 Å². The van der Waals surface area contributed by atoms with Gasteiger partial charge in [0.15, 0.2) is 0 Å². The van der Waals surface area contributed by atoms with E-state index < -0.39 is 0 Å². The van der Waals surface area contributed by atoms with Crippen molar-refractivity contribution in [1.29, 1.82) is 0 Å². The number of aromatic nitrogens is 2. The minimum absolute atomic E-state index is 0.569. The fourth-order valence-electron chi connectivity index (χ4n) is 0.307. The fourth-order valence-corrected chi connectivity index (χ4v) is 0.307. The summed E-state index contributed by atoms with van der Waals surface area (Å²) in [5.74, 6) is 0.569. The zero-order valence-electron chi connectivity index (χ0n) is 3.96. The highest BCUT2D eigenvalue weighted by Gasteiger charge is 1.88. The maximum absolute atomic E-state index is 4.70. The van der Waals surface area contributed by atoms with Crippen LogP contribution in [0.3, 0.4) is 0 Å². The zero-order chi connectivity index (χ0) is 5.11. The fraction of sp³-hybridized carbons (Fsp3) is 0.250. The van der Waals surface area contributed by atoms with Crippen LogP contribution in [0.4, 0.5) is 0 Å². The van der Waals surface area contributed by atoms with Gasteiger partial charge in [0.05, 0.1) is 0 Å². The number of nitrogens with zero attached hydrogens (tertiary/aromatic N) is 2. The molecule has 0 unspecified atom stereocenters. The summed E-state index contributed by atoms with van der Waals surface area (Å²) in [5, 5.41) is 7.01. The first-order valence-electron chi connectivity index (χ1n) is 1.99. The van der Waals surface area contributed by atoms with E-state index in [-0.39, 0.29) is 0 Å². The molecule has 0 atom stereocenters. The topological polar surface area (TPSA) is 38.9 Å². The summed E-state index contributed by atoms with van der Waals surface area (Å²) >= 11 is 0. The summed E-state index contributed by atoms with van der Waals surface area (Å²) in [5.41, 5.74) is 0. The molecule has 1 radical (unpaired) electrons. The molecule has 0 spiro atoms. The van der Waals surface area contributed by atoms with Crippen LogP contribution in [-0.2, 0) is 0 Å². The van der Waals surface area contributed by atoms with Crippen LogP contribution in [0.5, 0.6) is 0 Å². The smallest absolute Gasteiger partial charge is 0.219 e. The predicted molar refractivity (Wildman–Crippen MR) is 23.4 cm³/mol. The molecular weight excluding hydrogens is 92.1 g/mol. The van der Waals surface area contributed by atoms with E-state index >= 15 is 0 Å². The Bertz CT molecular complexity index is 124. The second-order valence-electron chi connectivity index (χ2n) is 1.07. The van der Waals surface area contributed by atoms with Gasteiger partial charge in [-0.3, -0.25) is 0 Å². The molecule has 0 fully saturated rings. The lowest BCUT2D eigenvalue weighted by molar-refractivity contribution is 0.525. The Kier molecular flexibility index (Phi) is 1.06. The molecule has 0 aliphatic carbocycles. The van der Waals surface area contributed by atoms with Crippen LogP contribution in [0.2, 0.25) is 0 Å². The number of hydrogen-bond acceptors (Lipinski definition) is 3. The predicted octanol–water partition coefficient (Wildman–Crippen LogP) is 0.642. The van der Waals surface area contributed by atoms with Crippen LogP contribution in [0.15, 0.2) is 10.8 Å². The highest BCUT2D eigenvalue weighted by molar-refractivity contribution is 4.86. The normalized spacial score (nSPS) is 9.29. The summed E-state index contributed by atoms with van der Waals surface area (Å²) in [6.07, 6.45) is 3.04. The van der Waals surface area contributed by atoms with Crippen molar-refractivity contribution in [3.05, 3.63) is 18.7 Å². The lowest BCUT2D eigenvalue weighted by atomic mass is 10.5. The molecule has 0 aliphatic heterocycles. The quantitative estimate of drug-likeness (QED) is 0.516. The van der Waals surface area contributed by atoms with Crippen molar-refractivity contribution in [2.45, 2.75) is 6.92 Å². The Balaban J connectivity index is 2.76. The van der Waals surface area contributed by atoms with Crippen molar-refractivity contribution in [2.24, 2.45) is 0 Å². The van der Waals surface area contributed by atoms with Crippen molar-refractivity contribution in [3.63, 3.8) is 0 Å². The van der Waals surface area contributed by atoms with E-state index in [1.165, 1.54) is 6.39 Å². The van der Waals surface area contributed by atoms with Gasteiger partial charge in [0.25, 0.3) is 0 Å². The van der Waals surface area contributed by atoms with Crippen LogP contribution >= 0.6 is 0 Å². The van der Waals surface area contributed by atoms with Gasteiger partial charge in [0.2, 0.25) is 12.3 Å². The Labute approximate surface area is 41.4 Å². The molecule has 0 N–H and O–H groups in total. The molecule has 0 bridgehead atoms. The molecule has 1 heterocycles. The first kappa shape index (κ1) is 4.30. The van der Waals surface area contributed by atoms with Crippen molar-refractivity contribution in [3.8, 4) is 0 Å². The first-order chi connectivity index (χ1) is 3.43. The second-order valence-corrected chi connectivity index (χ2v) is 1.07. The van der Waals surface area contributed by atoms with Crippen molar-refractivity contribution in [2.75, 3.05) is 0 Å². The molecule has 0 aliphatic rings. The lowest BCUT2D eigenvalue weighted by Crippen LogP contribution is -1.73. The monoisotopic (exact) mass is 97.0 g/mol. The first-order valence-corrected chi connectivity index (χ1v) is 1.99. The van der Waals surface area contributed by atoms with Gasteiger partial charge in [-0.15, -0.1) is 10.2 Å². The molecule has 0 amide bonds. The molecule has 37 valence electrons. The van der Waals surface area contributed by atoms with E-state index in [9.17, 15) is 0 Å². The highest BCUT2D eigenvalue weighted by atomic mass is 16.4. The van der Waals surface area contributed by atoms with E-state index in [1.807, 2.05) is 6.92 Å². The molecule has 1 aromatic rings.